The van der Waals surface area contributed by atoms with Crippen molar-refractivity contribution in [3.8, 4) is 5.75 Å². The van der Waals surface area contributed by atoms with Crippen LogP contribution in [0.2, 0.25) is 5.02 Å². The zero-order chi connectivity index (χ0) is 17.8. The van der Waals surface area contributed by atoms with Gasteiger partial charge in [-0.2, -0.15) is 0 Å². The van der Waals surface area contributed by atoms with Gasteiger partial charge in [0.1, 0.15) is 31.0 Å². The summed E-state index contributed by atoms with van der Waals surface area (Å²) in [5, 5.41) is 3.82. The molecular formula is C20H21ClNO3+. The van der Waals surface area contributed by atoms with Gasteiger partial charge in [0.15, 0.2) is 0 Å². The molecule has 3 rings (SSSR count). The molecule has 2 N–H and O–H groups in total. The Morgan fingerprint density at radius 2 is 1.80 bits per heavy atom. The standard InChI is InChI=1S/C20H20ClNO3/c1-13-9-18-15(11-20(23)25-19(18)10-14(13)2)12-22-7-8-24-17-5-3-16(21)4-6-17/h3-6,9-11,22H,7-8,12H2,1-2H3/p+1. The van der Waals surface area contributed by atoms with Gasteiger partial charge in [-0.05, 0) is 61.4 Å². The molecule has 0 amide bonds. The molecular weight excluding hydrogens is 338 g/mol. The van der Waals surface area contributed by atoms with Crippen molar-refractivity contribution in [3.63, 3.8) is 0 Å². The summed E-state index contributed by atoms with van der Waals surface area (Å²) in [6.07, 6.45) is 0. The quantitative estimate of drug-likeness (QED) is 0.543. The summed E-state index contributed by atoms with van der Waals surface area (Å²) in [7, 11) is 0. The van der Waals surface area contributed by atoms with Crippen LogP contribution in [0.15, 0.2) is 51.7 Å². The van der Waals surface area contributed by atoms with Crippen LogP contribution in [-0.2, 0) is 6.54 Å². The maximum atomic E-state index is 11.8. The van der Waals surface area contributed by atoms with Crippen molar-refractivity contribution in [1.82, 2.24) is 0 Å². The van der Waals surface area contributed by atoms with Crippen molar-refractivity contribution in [1.29, 1.82) is 0 Å². The number of aryl methyl sites for hydroxylation is 2. The lowest BCUT2D eigenvalue weighted by Crippen LogP contribution is -2.83. The molecule has 25 heavy (non-hydrogen) atoms. The summed E-state index contributed by atoms with van der Waals surface area (Å²) in [6, 6.07) is 12.9. The van der Waals surface area contributed by atoms with Crippen molar-refractivity contribution >= 4 is 22.6 Å². The second-order valence-electron chi connectivity index (χ2n) is 6.11. The Kier molecular flexibility index (Phi) is 5.41. The van der Waals surface area contributed by atoms with Crippen LogP contribution in [0.1, 0.15) is 16.7 Å². The van der Waals surface area contributed by atoms with Gasteiger partial charge in [0.2, 0.25) is 0 Å². The molecule has 1 heterocycles. The van der Waals surface area contributed by atoms with Crippen LogP contribution >= 0.6 is 11.6 Å². The number of rotatable bonds is 6. The Balaban J connectivity index is 1.62. The zero-order valence-electron chi connectivity index (χ0n) is 14.3. The second-order valence-corrected chi connectivity index (χ2v) is 6.54. The number of nitrogens with two attached hydrogens (primary N) is 1. The molecule has 0 spiro atoms. The minimum Gasteiger partial charge on any atom is -0.488 e. The first-order chi connectivity index (χ1) is 12.0. The molecule has 0 aliphatic rings. The molecule has 130 valence electrons. The van der Waals surface area contributed by atoms with Crippen LogP contribution in [0.4, 0.5) is 0 Å². The topological polar surface area (TPSA) is 56.0 Å². The second kappa shape index (κ2) is 7.72. The van der Waals surface area contributed by atoms with Crippen LogP contribution in [-0.4, -0.2) is 13.2 Å². The predicted molar refractivity (Wildman–Crippen MR) is 99.4 cm³/mol. The smallest absolute Gasteiger partial charge is 0.336 e. The molecule has 0 aliphatic heterocycles. The minimum atomic E-state index is -0.309. The number of quaternary nitrogens is 1. The van der Waals surface area contributed by atoms with E-state index in [4.69, 9.17) is 20.8 Å². The number of hydrogen-bond acceptors (Lipinski definition) is 3. The van der Waals surface area contributed by atoms with Crippen molar-refractivity contribution in [2.45, 2.75) is 20.4 Å². The molecule has 0 aliphatic carbocycles. The Bertz CT molecular complexity index is 932. The molecule has 5 heteroatoms. The van der Waals surface area contributed by atoms with E-state index in [-0.39, 0.29) is 5.63 Å². The summed E-state index contributed by atoms with van der Waals surface area (Å²) in [5.74, 6) is 0.801. The SMILES string of the molecule is Cc1cc2oc(=O)cc(C[NH2+]CCOc3ccc(Cl)cc3)c2cc1C. The highest BCUT2D eigenvalue weighted by Gasteiger charge is 2.09. The number of hydrogen-bond donors (Lipinski definition) is 1. The summed E-state index contributed by atoms with van der Waals surface area (Å²) < 4.78 is 11.0. The van der Waals surface area contributed by atoms with E-state index < -0.39 is 0 Å². The lowest BCUT2D eigenvalue weighted by molar-refractivity contribution is -0.671. The van der Waals surface area contributed by atoms with E-state index in [2.05, 4.69) is 18.3 Å². The molecule has 0 saturated heterocycles. The lowest BCUT2D eigenvalue weighted by atomic mass is 10.0. The molecule has 0 saturated carbocycles. The fourth-order valence-electron chi connectivity index (χ4n) is 2.70. The van der Waals surface area contributed by atoms with Gasteiger partial charge < -0.3 is 14.5 Å². The Labute approximate surface area is 151 Å². The van der Waals surface area contributed by atoms with E-state index >= 15 is 0 Å². The zero-order valence-corrected chi connectivity index (χ0v) is 15.1. The number of halogens is 1. The summed E-state index contributed by atoms with van der Waals surface area (Å²) in [5.41, 5.74) is 3.63. The maximum absolute atomic E-state index is 11.8. The summed E-state index contributed by atoms with van der Waals surface area (Å²) >= 11 is 5.85. The number of benzene rings is 2. The van der Waals surface area contributed by atoms with E-state index in [9.17, 15) is 4.79 Å². The van der Waals surface area contributed by atoms with Gasteiger partial charge in [0, 0.05) is 22.0 Å². The molecule has 0 bridgehead atoms. The van der Waals surface area contributed by atoms with Gasteiger partial charge in [-0.3, -0.25) is 0 Å². The third-order valence-corrected chi connectivity index (χ3v) is 4.47. The first-order valence-corrected chi connectivity index (χ1v) is 8.65. The van der Waals surface area contributed by atoms with Crippen LogP contribution in [0.25, 0.3) is 11.0 Å². The average molecular weight is 359 g/mol. The summed E-state index contributed by atoms with van der Waals surface area (Å²) in [6.45, 7) is 6.15. The van der Waals surface area contributed by atoms with Crippen LogP contribution in [0.3, 0.4) is 0 Å². The van der Waals surface area contributed by atoms with Crippen LogP contribution in [0, 0.1) is 13.8 Å². The Hall–Kier alpha value is -2.30. The molecule has 3 aromatic rings. The lowest BCUT2D eigenvalue weighted by Gasteiger charge is -2.08. The van der Waals surface area contributed by atoms with Gasteiger partial charge in [-0.25, -0.2) is 4.79 Å². The van der Waals surface area contributed by atoms with Crippen LogP contribution in [0.5, 0.6) is 5.75 Å². The molecule has 0 fully saturated rings. The van der Waals surface area contributed by atoms with Crippen LogP contribution < -0.4 is 15.7 Å². The monoisotopic (exact) mass is 358 g/mol. The minimum absolute atomic E-state index is 0.309. The van der Waals surface area contributed by atoms with Gasteiger partial charge in [0.25, 0.3) is 0 Å². The van der Waals surface area contributed by atoms with Crippen molar-refractivity contribution < 1.29 is 14.5 Å². The van der Waals surface area contributed by atoms with Gasteiger partial charge in [-0.15, -0.1) is 0 Å². The van der Waals surface area contributed by atoms with Crippen molar-refractivity contribution in [2.75, 3.05) is 13.2 Å². The first kappa shape index (κ1) is 17.5. The highest BCUT2D eigenvalue weighted by molar-refractivity contribution is 6.30. The fraction of sp³-hybridized carbons (Fsp3) is 0.250. The van der Waals surface area contributed by atoms with Gasteiger partial charge in [-0.1, -0.05) is 11.6 Å². The predicted octanol–water partition coefficient (Wildman–Crippen LogP) is 3.21. The molecule has 1 aromatic heterocycles. The Morgan fingerprint density at radius 1 is 1.08 bits per heavy atom. The van der Waals surface area contributed by atoms with E-state index in [0.29, 0.717) is 23.8 Å². The average Bonchev–Trinajstić information content (AvgIpc) is 2.58. The first-order valence-electron chi connectivity index (χ1n) is 8.27. The van der Waals surface area contributed by atoms with E-state index in [1.54, 1.807) is 18.2 Å². The van der Waals surface area contributed by atoms with E-state index in [1.165, 1.54) is 5.56 Å². The molecule has 0 radical (unpaired) electrons. The third-order valence-electron chi connectivity index (χ3n) is 4.21. The molecule has 0 unspecified atom stereocenters. The number of ether oxygens (including phenoxy) is 1. The van der Waals surface area contributed by atoms with Gasteiger partial charge in [0.05, 0.1) is 0 Å². The summed E-state index contributed by atoms with van der Waals surface area (Å²) in [4.78, 5) is 11.8. The Morgan fingerprint density at radius 3 is 2.56 bits per heavy atom. The van der Waals surface area contributed by atoms with E-state index in [0.717, 1.165) is 28.8 Å². The van der Waals surface area contributed by atoms with E-state index in [1.807, 2.05) is 25.1 Å². The van der Waals surface area contributed by atoms with Crippen molar-refractivity contribution in [2.24, 2.45) is 0 Å². The maximum Gasteiger partial charge on any atom is 0.336 e. The normalized spacial score (nSPS) is 11.0. The molecule has 2 aromatic carbocycles. The molecule has 4 nitrogen and oxygen atoms in total. The fourth-order valence-corrected chi connectivity index (χ4v) is 2.83. The number of fused-ring (bicyclic) bond motifs is 1. The van der Waals surface area contributed by atoms with Gasteiger partial charge >= 0.3 is 5.63 Å². The third kappa shape index (κ3) is 4.41. The highest BCUT2D eigenvalue weighted by atomic mass is 35.5. The largest absolute Gasteiger partial charge is 0.488 e. The highest BCUT2D eigenvalue weighted by Crippen LogP contribution is 2.21. The molecule has 0 atom stereocenters. The van der Waals surface area contributed by atoms with Crippen molar-refractivity contribution in [3.05, 3.63) is 74.6 Å².